The highest BCUT2D eigenvalue weighted by molar-refractivity contribution is 5.87. The number of nitrogens with one attached hydrogen (secondary N) is 2. The van der Waals surface area contributed by atoms with Crippen molar-refractivity contribution in [3.05, 3.63) is 35.5 Å². The van der Waals surface area contributed by atoms with Crippen LogP contribution < -0.4 is 5.32 Å². The van der Waals surface area contributed by atoms with Gasteiger partial charge in [0.1, 0.15) is 0 Å². The topological polar surface area (TPSA) is 68.4 Å². The Balaban J connectivity index is 1.20. The van der Waals surface area contributed by atoms with Gasteiger partial charge in [0.2, 0.25) is 5.91 Å². The molecule has 6 heteroatoms. The molecule has 3 amide bonds. The predicted octanol–water partition coefficient (Wildman–Crippen LogP) is 3.66. The monoisotopic (exact) mass is 408 g/mol. The molecule has 6 nitrogen and oxygen atoms in total. The fraction of sp³-hybridized carbons (Fsp3) is 0.583. The second-order valence-electron chi connectivity index (χ2n) is 10.7. The number of likely N-dealkylation sites (tertiary alicyclic amines) is 1. The third-order valence-electron chi connectivity index (χ3n) is 7.30. The van der Waals surface area contributed by atoms with E-state index in [1.165, 1.54) is 10.9 Å². The minimum absolute atomic E-state index is 0.0538. The van der Waals surface area contributed by atoms with Gasteiger partial charge in [-0.15, -0.1) is 0 Å². The molecule has 2 N–H and O–H groups in total. The Kier molecular flexibility index (Phi) is 4.38. The summed E-state index contributed by atoms with van der Waals surface area (Å²) in [6, 6.07) is 8.44. The van der Waals surface area contributed by atoms with Crippen LogP contribution in [0.3, 0.4) is 0 Å². The third-order valence-corrected chi connectivity index (χ3v) is 7.30. The molecular formula is C24H32N4O2. The molecule has 30 heavy (non-hydrogen) atoms. The molecule has 2 aromatic rings. The summed E-state index contributed by atoms with van der Waals surface area (Å²) in [5.74, 6) is 0.0538. The van der Waals surface area contributed by atoms with Crippen LogP contribution in [0.25, 0.3) is 10.9 Å². The highest BCUT2D eigenvalue weighted by atomic mass is 16.2. The summed E-state index contributed by atoms with van der Waals surface area (Å²) < 4.78 is 0. The Morgan fingerprint density at radius 2 is 2.00 bits per heavy atom. The number of hydrogen-bond acceptors (Lipinski definition) is 2. The number of nitrogens with zero attached hydrogens (tertiary/aromatic N) is 2. The largest absolute Gasteiger partial charge is 0.357 e. The first kappa shape index (κ1) is 19.5. The van der Waals surface area contributed by atoms with Crippen LogP contribution in [0.15, 0.2) is 24.3 Å². The van der Waals surface area contributed by atoms with E-state index in [0.717, 1.165) is 43.4 Å². The van der Waals surface area contributed by atoms with E-state index >= 15 is 0 Å². The van der Waals surface area contributed by atoms with E-state index in [0.29, 0.717) is 19.1 Å². The quantitative estimate of drug-likeness (QED) is 0.796. The van der Waals surface area contributed by atoms with Crippen LogP contribution in [-0.2, 0) is 17.8 Å². The lowest BCUT2D eigenvalue weighted by Gasteiger charge is -2.39. The average molecular weight is 409 g/mol. The first-order valence-corrected chi connectivity index (χ1v) is 11.1. The average Bonchev–Trinajstić information content (AvgIpc) is 3.18. The molecule has 2 atom stereocenters. The van der Waals surface area contributed by atoms with Gasteiger partial charge in [-0.1, -0.05) is 39.0 Å². The molecule has 2 aliphatic heterocycles. The zero-order valence-electron chi connectivity index (χ0n) is 18.3. The summed E-state index contributed by atoms with van der Waals surface area (Å²) in [5, 5.41) is 4.14. The Hall–Kier alpha value is -2.50. The maximum Gasteiger partial charge on any atom is 0.318 e. The number of hydrogen-bond donors (Lipinski definition) is 2. The minimum atomic E-state index is -0.152. The van der Waals surface area contributed by atoms with Crippen molar-refractivity contribution in [2.75, 3.05) is 19.6 Å². The Morgan fingerprint density at radius 3 is 2.83 bits per heavy atom. The highest BCUT2D eigenvalue weighted by Gasteiger charge is 2.50. The summed E-state index contributed by atoms with van der Waals surface area (Å²) in [6.45, 7) is 9.05. The molecule has 3 heterocycles. The van der Waals surface area contributed by atoms with Crippen molar-refractivity contribution >= 4 is 22.8 Å². The number of H-pyrrole nitrogens is 1. The summed E-state index contributed by atoms with van der Waals surface area (Å²) >= 11 is 0. The number of aromatic amines is 1. The summed E-state index contributed by atoms with van der Waals surface area (Å²) in [6.07, 6.45) is 4.14. The van der Waals surface area contributed by atoms with Gasteiger partial charge in [0.15, 0.2) is 0 Å². The van der Waals surface area contributed by atoms with Crippen molar-refractivity contribution in [2.45, 2.75) is 59.0 Å². The van der Waals surface area contributed by atoms with Gasteiger partial charge in [-0.25, -0.2) is 4.79 Å². The molecule has 0 radical (unpaired) electrons. The van der Waals surface area contributed by atoms with Crippen LogP contribution in [-0.4, -0.2) is 52.4 Å². The molecule has 2 fully saturated rings. The van der Waals surface area contributed by atoms with Crippen molar-refractivity contribution in [3.63, 3.8) is 0 Å². The van der Waals surface area contributed by atoms with Crippen LogP contribution in [0, 0.1) is 10.8 Å². The van der Waals surface area contributed by atoms with E-state index in [2.05, 4.69) is 49.3 Å². The van der Waals surface area contributed by atoms with Gasteiger partial charge in [0.25, 0.3) is 0 Å². The van der Waals surface area contributed by atoms with Crippen molar-refractivity contribution in [2.24, 2.45) is 10.8 Å². The lowest BCUT2D eigenvalue weighted by molar-refractivity contribution is -0.131. The van der Waals surface area contributed by atoms with Crippen LogP contribution in [0.2, 0.25) is 0 Å². The number of carbonyl (C=O) groups is 2. The molecule has 3 aliphatic rings. The molecular weight excluding hydrogens is 376 g/mol. The number of benzene rings is 1. The fourth-order valence-corrected chi connectivity index (χ4v) is 6.48. The Labute approximate surface area is 178 Å². The lowest BCUT2D eigenvalue weighted by atomic mass is 9.65. The predicted molar refractivity (Wildman–Crippen MR) is 117 cm³/mol. The van der Waals surface area contributed by atoms with Gasteiger partial charge in [0, 0.05) is 35.7 Å². The van der Waals surface area contributed by atoms with E-state index in [1.807, 2.05) is 11.0 Å². The second-order valence-corrected chi connectivity index (χ2v) is 10.7. The maximum atomic E-state index is 12.9. The SMILES string of the molecule is CC1(C)CC2CC(C)(CN2C(=O)CNC(=O)N2CCc3c([nH]c4ccccc34)C2)C1. The number of amides is 3. The molecule has 1 aliphatic carbocycles. The molecule has 2 bridgehead atoms. The summed E-state index contributed by atoms with van der Waals surface area (Å²) in [7, 11) is 0. The van der Waals surface area contributed by atoms with Crippen LogP contribution in [0.5, 0.6) is 0 Å². The number of rotatable bonds is 2. The molecule has 1 saturated heterocycles. The van der Waals surface area contributed by atoms with E-state index in [-0.39, 0.29) is 29.3 Å². The Morgan fingerprint density at radius 1 is 1.20 bits per heavy atom. The molecule has 2 unspecified atom stereocenters. The molecule has 1 saturated carbocycles. The van der Waals surface area contributed by atoms with Crippen molar-refractivity contribution in [3.8, 4) is 0 Å². The first-order valence-electron chi connectivity index (χ1n) is 11.1. The smallest absolute Gasteiger partial charge is 0.318 e. The van der Waals surface area contributed by atoms with Crippen molar-refractivity contribution < 1.29 is 9.59 Å². The standard InChI is InChI=1S/C24H32N4O2/c1-23(2)10-16-11-24(3,14-23)15-28(16)21(29)12-25-22(30)27-9-8-18-17-6-4-5-7-19(17)26-20(18)13-27/h4-7,16,26H,8-15H2,1-3H3,(H,25,30). The second kappa shape index (κ2) is 6.76. The van der Waals surface area contributed by atoms with Crippen LogP contribution in [0.1, 0.15) is 51.3 Å². The van der Waals surface area contributed by atoms with Crippen LogP contribution in [0.4, 0.5) is 4.79 Å². The summed E-state index contributed by atoms with van der Waals surface area (Å²) in [4.78, 5) is 33.0. The van der Waals surface area contributed by atoms with Gasteiger partial charge in [-0.2, -0.15) is 0 Å². The Bertz CT molecular complexity index is 1010. The van der Waals surface area contributed by atoms with Gasteiger partial charge in [0.05, 0.1) is 13.1 Å². The normalized spacial score (nSPS) is 27.2. The van der Waals surface area contributed by atoms with Crippen LogP contribution >= 0.6 is 0 Å². The summed E-state index contributed by atoms with van der Waals surface area (Å²) in [5.41, 5.74) is 4.03. The van der Waals surface area contributed by atoms with E-state index < -0.39 is 0 Å². The number of aromatic nitrogens is 1. The highest BCUT2D eigenvalue weighted by Crippen LogP contribution is 2.52. The lowest BCUT2D eigenvalue weighted by Crippen LogP contribution is -2.48. The van der Waals surface area contributed by atoms with Gasteiger partial charge in [-0.05, 0) is 48.1 Å². The first-order chi connectivity index (χ1) is 14.2. The molecule has 160 valence electrons. The van der Waals surface area contributed by atoms with E-state index in [9.17, 15) is 9.59 Å². The molecule has 0 spiro atoms. The molecule has 1 aromatic carbocycles. The van der Waals surface area contributed by atoms with Crippen molar-refractivity contribution in [1.29, 1.82) is 0 Å². The zero-order chi connectivity index (χ0) is 21.1. The van der Waals surface area contributed by atoms with Crippen molar-refractivity contribution in [1.82, 2.24) is 20.1 Å². The van der Waals surface area contributed by atoms with Gasteiger partial charge >= 0.3 is 6.03 Å². The third kappa shape index (κ3) is 3.36. The number of carbonyl (C=O) groups excluding carboxylic acids is 2. The maximum absolute atomic E-state index is 12.9. The van der Waals surface area contributed by atoms with Gasteiger partial charge in [-0.3, -0.25) is 4.79 Å². The van der Waals surface area contributed by atoms with Gasteiger partial charge < -0.3 is 20.1 Å². The van der Waals surface area contributed by atoms with E-state index in [4.69, 9.17) is 0 Å². The molecule has 5 rings (SSSR count). The minimum Gasteiger partial charge on any atom is -0.357 e. The number of para-hydroxylation sites is 1. The zero-order valence-corrected chi connectivity index (χ0v) is 18.3. The molecule has 1 aromatic heterocycles. The number of urea groups is 1. The fourth-order valence-electron chi connectivity index (χ4n) is 6.48. The van der Waals surface area contributed by atoms with E-state index in [1.54, 1.807) is 4.90 Å². The number of fused-ring (bicyclic) bond motifs is 5.